The maximum absolute atomic E-state index is 13.4. The highest BCUT2D eigenvalue weighted by molar-refractivity contribution is 9.10. The Hall–Kier alpha value is -1.46. The van der Waals surface area contributed by atoms with Crippen LogP contribution in [0.4, 0.5) is 21.5 Å². The average Bonchev–Trinajstić information content (AvgIpc) is 2.37. The number of nitrogen functional groups attached to an aromatic ring is 1. The van der Waals surface area contributed by atoms with Gasteiger partial charge in [0.1, 0.15) is 0 Å². The van der Waals surface area contributed by atoms with E-state index in [9.17, 15) is 4.39 Å². The summed E-state index contributed by atoms with van der Waals surface area (Å²) in [6, 6.07) is 8.01. The lowest BCUT2D eigenvalue weighted by Crippen LogP contribution is -1.99. The molecule has 0 saturated carbocycles. The first-order valence-corrected chi connectivity index (χ1v) is 6.53. The molecule has 0 radical (unpaired) electrons. The molecule has 0 aromatic heterocycles. The van der Waals surface area contributed by atoms with Crippen LogP contribution in [0.5, 0.6) is 5.75 Å². The van der Waals surface area contributed by atoms with E-state index in [2.05, 4.69) is 21.2 Å². The van der Waals surface area contributed by atoms with E-state index in [0.717, 1.165) is 10.2 Å². The Morgan fingerprint density at radius 3 is 2.68 bits per heavy atom. The number of rotatable bonds is 3. The fourth-order valence-corrected chi connectivity index (χ4v) is 2.09. The van der Waals surface area contributed by atoms with E-state index in [-0.39, 0.29) is 11.4 Å². The van der Waals surface area contributed by atoms with Gasteiger partial charge in [-0.1, -0.05) is 11.6 Å². The number of nitrogens with two attached hydrogens (primary N) is 1. The van der Waals surface area contributed by atoms with Gasteiger partial charge < -0.3 is 15.8 Å². The van der Waals surface area contributed by atoms with Gasteiger partial charge in [0.2, 0.25) is 0 Å². The lowest BCUT2D eigenvalue weighted by molar-refractivity contribution is 0.387. The topological polar surface area (TPSA) is 47.3 Å². The van der Waals surface area contributed by atoms with Gasteiger partial charge in [-0.3, -0.25) is 0 Å². The lowest BCUT2D eigenvalue weighted by Gasteiger charge is -2.13. The Balaban J connectivity index is 2.40. The molecule has 0 aliphatic rings. The molecule has 19 heavy (non-hydrogen) atoms. The average molecular weight is 346 g/mol. The Morgan fingerprint density at radius 2 is 2.00 bits per heavy atom. The number of hydrogen-bond donors (Lipinski definition) is 2. The molecule has 0 aliphatic carbocycles. The van der Waals surface area contributed by atoms with Crippen LogP contribution in [-0.4, -0.2) is 7.11 Å². The van der Waals surface area contributed by atoms with Gasteiger partial charge in [-0.05, 0) is 34.1 Å². The van der Waals surface area contributed by atoms with Crippen molar-refractivity contribution in [1.29, 1.82) is 0 Å². The number of hydrogen-bond acceptors (Lipinski definition) is 3. The van der Waals surface area contributed by atoms with Gasteiger partial charge in [-0.15, -0.1) is 0 Å². The molecule has 6 heteroatoms. The summed E-state index contributed by atoms with van der Waals surface area (Å²) in [4.78, 5) is 0. The van der Waals surface area contributed by atoms with Crippen molar-refractivity contribution in [1.82, 2.24) is 0 Å². The van der Waals surface area contributed by atoms with Gasteiger partial charge in [-0.25, -0.2) is 4.39 Å². The Bertz CT molecular complexity index is 622. The van der Waals surface area contributed by atoms with Crippen molar-refractivity contribution in [2.45, 2.75) is 0 Å². The first kappa shape index (κ1) is 14.0. The monoisotopic (exact) mass is 344 g/mol. The van der Waals surface area contributed by atoms with Gasteiger partial charge in [-0.2, -0.15) is 0 Å². The molecule has 0 aliphatic heterocycles. The van der Waals surface area contributed by atoms with E-state index in [1.807, 2.05) is 6.07 Å². The second kappa shape index (κ2) is 5.67. The van der Waals surface area contributed by atoms with Gasteiger partial charge in [0.15, 0.2) is 11.6 Å². The summed E-state index contributed by atoms with van der Waals surface area (Å²) in [5.74, 6) is -0.384. The molecule has 0 saturated heterocycles. The number of anilines is 3. The molecule has 0 heterocycles. The highest BCUT2D eigenvalue weighted by Gasteiger charge is 2.10. The normalized spacial score (nSPS) is 10.3. The summed E-state index contributed by atoms with van der Waals surface area (Å²) in [6.07, 6.45) is 0. The van der Waals surface area contributed by atoms with Crippen molar-refractivity contribution in [3.05, 3.63) is 45.6 Å². The van der Waals surface area contributed by atoms with Crippen LogP contribution in [0.25, 0.3) is 0 Å². The van der Waals surface area contributed by atoms with Crippen LogP contribution in [0.2, 0.25) is 5.02 Å². The highest BCUT2D eigenvalue weighted by atomic mass is 79.9. The molecule has 3 nitrogen and oxygen atoms in total. The third kappa shape index (κ3) is 3.11. The quantitative estimate of drug-likeness (QED) is 0.801. The van der Waals surface area contributed by atoms with Crippen LogP contribution >= 0.6 is 27.5 Å². The van der Waals surface area contributed by atoms with Crippen molar-refractivity contribution in [2.24, 2.45) is 0 Å². The van der Waals surface area contributed by atoms with Gasteiger partial charge in [0, 0.05) is 21.6 Å². The van der Waals surface area contributed by atoms with Crippen molar-refractivity contribution in [3.8, 4) is 5.75 Å². The van der Waals surface area contributed by atoms with Crippen LogP contribution < -0.4 is 15.8 Å². The fraction of sp³-hybridized carbons (Fsp3) is 0.0769. The smallest absolute Gasteiger partial charge is 0.167 e. The van der Waals surface area contributed by atoms with Crippen molar-refractivity contribution in [3.63, 3.8) is 0 Å². The van der Waals surface area contributed by atoms with E-state index in [1.54, 1.807) is 12.1 Å². The Morgan fingerprint density at radius 1 is 1.26 bits per heavy atom. The first-order chi connectivity index (χ1) is 9.01. The number of ether oxygens (including phenoxy) is 1. The molecular weight excluding hydrogens is 335 g/mol. The standard InChI is InChI=1S/C13H11BrClFN2O/c1-19-13-6-12(10(17)5-9(13)16)18-11-4-7(15)2-3-8(11)14/h2-6,18H,17H2,1H3. The van der Waals surface area contributed by atoms with Crippen LogP contribution in [0.15, 0.2) is 34.8 Å². The molecule has 0 fully saturated rings. The largest absolute Gasteiger partial charge is 0.494 e. The van der Waals surface area contributed by atoms with Crippen molar-refractivity contribution >= 4 is 44.6 Å². The van der Waals surface area contributed by atoms with Gasteiger partial charge in [0.25, 0.3) is 0 Å². The van der Waals surface area contributed by atoms with Crippen LogP contribution in [0.1, 0.15) is 0 Å². The second-order valence-electron chi connectivity index (χ2n) is 3.82. The molecule has 0 amide bonds. The summed E-state index contributed by atoms with van der Waals surface area (Å²) in [6.45, 7) is 0. The van der Waals surface area contributed by atoms with E-state index in [0.29, 0.717) is 10.7 Å². The van der Waals surface area contributed by atoms with Crippen molar-refractivity contribution in [2.75, 3.05) is 18.2 Å². The number of halogens is 3. The van der Waals surface area contributed by atoms with Crippen LogP contribution in [0.3, 0.4) is 0 Å². The second-order valence-corrected chi connectivity index (χ2v) is 5.11. The van der Waals surface area contributed by atoms with Crippen LogP contribution in [0, 0.1) is 5.82 Å². The van der Waals surface area contributed by atoms with E-state index < -0.39 is 5.82 Å². The molecule has 0 bridgehead atoms. The molecule has 2 aromatic rings. The zero-order chi connectivity index (χ0) is 14.0. The summed E-state index contributed by atoms with van der Waals surface area (Å²) >= 11 is 9.33. The lowest BCUT2D eigenvalue weighted by atomic mass is 10.2. The Labute approximate surface area is 123 Å². The molecule has 3 N–H and O–H groups in total. The predicted molar refractivity (Wildman–Crippen MR) is 79.8 cm³/mol. The summed E-state index contributed by atoms with van der Waals surface area (Å²) < 4.78 is 19.2. The maximum Gasteiger partial charge on any atom is 0.167 e. The molecule has 100 valence electrons. The zero-order valence-corrected chi connectivity index (χ0v) is 12.3. The van der Waals surface area contributed by atoms with Crippen LogP contribution in [-0.2, 0) is 0 Å². The summed E-state index contributed by atoms with van der Waals surface area (Å²) in [7, 11) is 1.40. The first-order valence-electron chi connectivity index (χ1n) is 5.36. The molecule has 0 atom stereocenters. The number of nitrogens with one attached hydrogen (secondary N) is 1. The summed E-state index contributed by atoms with van der Waals surface area (Å²) in [5.41, 5.74) is 7.33. The SMILES string of the molecule is COc1cc(Nc2cc(Cl)ccc2Br)c(N)cc1F. The minimum absolute atomic E-state index is 0.120. The number of methoxy groups -OCH3 is 1. The van der Waals surface area contributed by atoms with Crippen molar-refractivity contribution < 1.29 is 9.13 Å². The molecule has 2 rings (SSSR count). The maximum atomic E-state index is 13.4. The van der Waals surface area contributed by atoms with E-state index >= 15 is 0 Å². The number of benzene rings is 2. The third-order valence-corrected chi connectivity index (χ3v) is 3.45. The molecular formula is C13H11BrClFN2O. The Kier molecular flexibility index (Phi) is 4.17. The van der Waals surface area contributed by atoms with Gasteiger partial charge >= 0.3 is 0 Å². The zero-order valence-electron chi connectivity index (χ0n) is 10.0. The van der Waals surface area contributed by atoms with E-state index in [1.165, 1.54) is 19.2 Å². The predicted octanol–water partition coefficient (Wildman–Crippen LogP) is 4.58. The summed E-state index contributed by atoms with van der Waals surface area (Å²) in [5, 5.41) is 3.66. The minimum atomic E-state index is -0.504. The minimum Gasteiger partial charge on any atom is -0.494 e. The molecule has 2 aromatic carbocycles. The molecule has 0 unspecified atom stereocenters. The van der Waals surface area contributed by atoms with E-state index in [4.69, 9.17) is 22.1 Å². The third-order valence-electron chi connectivity index (χ3n) is 2.52. The van der Waals surface area contributed by atoms with Gasteiger partial charge in [0.05, 0.1) is 24.2 Å². The molecule has 0 spiro atoms. The fourth-order valence-electron chi connectivity index (χ4n) is 1.57. The highest BCUT2D eigenvalue weighted by Crippen LogP contribution is 2.34.